The molecule has 0 radical (unpaired) electrons. The average Bonchev–Trinajstić information content (AvgIpc) is 2.26. The molecule has 0 bridgehead atoms. The van der Waals surface area contributed by atoms with Crippen molar-refractivity contribution in [3.63, 3.8) is 0 Å². The molecule has 0 saturated carbocycles. The minimum absolute atomic E-state index is 0.0382. The standard InChI is InChI=1S/C11H13ClF2O3S/c1-2-3-4-17-18(15,16)7-8-5-11(14)9(12)6-10(8)13/h5-6H,2-4,7H2,1H3. The maximum atomic E-state index is 13.4. The first-order chi connectivity index (χ1) is 8.35. The lowest BCUT2D eigenvalue weighted by molar-refractivity contribution is 0.310. The van der Waals surface area contributed by atoms with Crippen LogP contribution >= 0.6 is 11.6 Å². The van der Waals surface area contributed by atoms with Gasteiger partial charge in [0.1, 0.15) is 17.4 Å². The molecule has 7 heteroatoms. The second kappa shape index (κ2) is 6.45. The lowest BCUT2D eigenvalue weighted by atomic mass is 10.2. The Morgan fingerprint density at radius 1 is 1.28 bits per heavy atom. The fourth-order valence-corrected chi connectivity index (χ4v) is 2.44. The van der Waals surface area contributed by atoms with Gasteiger partial charge in [0.25, 0.3) is 10.1 Å². The smallest absolute Gasteiger partial charge is 0.270 e. The fraction of sp³-hybridized carbons (Fsp3) is 0.455. The van der Waals surface area contributed by atoms with Crippen LogP contribution in [0, 0.1) is 11.6 Å². The topological polar surface area (TPSA) is 43.4 Å². The summed E-state index contributed by atoms with van der Waals surface area (Å²) in [6.45, 7) is 1.92. The normalized spacial score (nSPS) is 11.8. The Kier molecular flexibility index (Phi) is 5.49. The Bertz CT molecular complexity index is 517. The molecule has 0 atom stereocenters. The van der Waals surface area contributed by atoms with Crippen molar-refractivity contribution in [3.8, 4) is 0 Å². The largest absolute Gasteiger partial charge is 0.271 e. The van der Waals surface area contributed by atoms with Crippen molar-refractivity contribution >= 4 is 21.7 Å². The SMILES string of the molecule is CCCCOS(=O)(=O)Cc1cc(F)c(Cl)cc1F. The molecule has 0 spiro atoms. The molecule has 0 amide bonds. The number of hydrogen-bond acceptors (Lipinski definition) is 3. The molecule has 0 aliphatic heterocycles. The van der Waals surface area contributed by atoms with Crippen LogP contribution in [-0.2, 0) is 20.1 Å². The third kappa shape index (κ3) is 4.51. The first kappa shape index (κ1) is 15.3. The van der Waals surface area contributed by atoms with Gasteiger partial charge in [0.05, 0.1) is 11.6 Å². The van der Waals surface area contributed by atoms with Gasteiger partial charge in [-0.15, -0.1) is 0 Å². The van der Waals surface area contributed by atoms with Gasteiger partial charge < -0.3 is 0 Å². The van der Waals surface area contributed by atoms with Gasteiger partial charge in [-0.25, -0.2) is 8.78 Å². The molecule has 0 N–H and O–H groups in total. The Balaban J connectivity index is 2.81. The van der Waals surface area contributed by atoms with Crippen LogP contribution in [0.3, 0.4) is 0 Å². The number of rotatable bonds is 6. The van der Waals surface area contributed by atoms with Gasteiger partial charge in [-0.2, -0.15) is 8.42 Å². The van der Waals surface area contributed by atoms with E-state index >= 15 is 0 Å². The van der Waals surface area contributed by atoms with Gasteiger partial charge in [-0.05, 0) is 18.6 Å². The predicted molar refractivity (Wildman–Crippen MR) is 64.9 cm³/mol. The van der Waals surface area contributed by atoms with Crippen LogP contribution < -0.4 is 0 Å². The summed E-state index contributed by atoms with van der Waals surface area (Å²) in [7, 11) is -3.91. The van der Waals surface area contributed by atoms with E-state index in [1.165, 1.54) is 0 Å². The van der Waals surface area contributed by atoms with Gasteiger partial charge in [-0.1, -0.05) is 24.9 Å². The first-order valence-corrected chi connectivity index (χ1v) is 7.31. The molecule has 0 aliphatic rings. The van der Waals surface area contributed by atoms with E-state index in [2.05, 4.69) is 4.18 Å². The van der Waals surface area contributed by atoms with E-state index in [4.69, 9.17) is 11.6 Å². The number of halogens is 3. The van der Waals surface area contributed by atoms with Gasteiger partial charge >= 0.3 is 0 Å². The van der Waals surface area contributed by atoms with Crippen LogP contribution in [0.2, 0.25) is 5.02 Å². The van der Waals surface area contributed by atoms with E-state index in [0.29, 0.717) is 6.42 Å². The lowest BCUT2D eigenvalue weighted by Crippen LogP contribution is -2.11. The molecule has 0 aliphatic carbocycles. The second-order valence-corrected chi connectivity index (χ2v) is 5.78. The summed E-state index contributed by atoms with van der Waals surface area (Å²) in [6.07, 6.45) is 1.36. The first-order valence-electron chi connectivity index (χ1n) is 5.36. The molecule has 0 heterocycles. The summed E-state index contributed by atoms with van der Waals surface area (Å²) >= 11 is 5.36. The maximum absolute atomic E-state index is 13.4. The Labute approximate surface area is 110 Å². The molecule has 18 heavy (non-hydrogen) atoms. The molecular formula is C11H13ClF2O3S. The highest BCUT2D eigenvalue weighted by Crippen LogP contribution is 2.21. The summed E-state index contributed by atoms with van der Waals surface area (Å²) in [5, 5.41) is -0.388. The van der Waals surface area contributed by atoms with Crippen molar-refractivity contribution in [2.45, 2.75) is 25.5 Å². The van der Waals surface area contributed by atoms with Crippen LogP contribution in [-0.4, -0.2) is 15.0 Å². The Morgan fingerprint density at radius 2 is 1.94 bits per heavy atom. The van der Waals surface area contributed by atoms with E-state index < -0.39 is 27.5 Å². The van der Waals surface area contributed by atoms with Crippen molar-refractivity contribution in [3.05, 3.63) is 34.4 Å². The number of unbranched alkanes of at least 4 members (excludes halogenated alkanes) is 1. The Hall–Kier alpha value is -0.720. The van der Waals surface area contributed by atoms with E-state index in [1.807, 2.05) is 6.92 Å². The van der Waals surface area contributed by atoms with Crippen LogP contribution in [0.1, 0.15) is 25.3 Å². The van der Waals surface area contributed by atoms with E-state index in [9.17, 15) is 17.2 Å². The molecule has 0 saturated heterocycles. The summed E-state index contributed by atoms with van der Waals surface area (Å²) in [4.78, 5) is 0. The highest BCUT2D eigenvalue weighted by molar-refractivity contribution is 7.85. The third-order valence-electron chi connectivity index (χ3n) is 2.18. The molecule has 0 aromatic heterocycles. The van der Waals surface area contributed by atoms with Crippen molar-refractivity contribution in [1.82, 2.24) is 0 Å². The zero-order valence-electron chi connectivity index (χ0n) is 9.75. The van der Waals surface area contributed by atoms with E-state index in [-0.39, 0.29) is 17.2 Å². The van der Waals surface area contributed by atoms with Crippen molar-refractivity contribution < 1.29 is 21.4 Å². The third-order valence-corrected chi connectivity index (χ3v) is 3.66. The molecule has 102 valence electrons. The summed E-state index contributed by atoms with van der Waals surface area (Å²) in [5.74, 6) is -2.45. The molecule has 1 rings (SSSR count). The summed E-state index contributed by atoms with van der Waals surface area (Å²) in [6, 6.07) is 1.51. The highest BCUT2D eigenvalue weighted by atomic mass is 35.5. The van der Waals surface area contributed by atoms with Crippen LogP contribution in [0.4, 0.5) is 8.78 Å². The summed E-state index contributed by atoms with van der Waals surface area (Å²) < 4.78 is 54.1. The van der Waals surface area contributed by atoms with E-state index in [0.717, 1.165) is 18.6 Å². The molecule has 3 nitrogen and oxygen atoms in total. The van der Waals surface area contributed by atoms with Crippen molar-refractivity contribution in [2.24, 2.45) is 0 Å². The average molecular weight is 299 g/mol. The van der Waals surface area contributed by atoms with Crippen molar-refractivity contribution in [1.29, 1.82) is 0 Å². The van der Waals surface area contributed by atoms with Crippen LogP contribution in [0.25, 0.3) is 0 Å². The van der Waals surface area contributed by atoms with Gasteiger partial charge in [0.15, 0.2) is 0 Å². The minimum Gasteiger partial charge on any atom is -0.270 e. The summed E-state index contributed by atoms with van der Waals surface area (Å²) in [5.41, 5.74) is -0.298. The molecule has 1 aromatic rings. The molecule has 0 unspecified atom stereocenters. The second-order valence-electron chi connectivity index (χ2n) is 3.74. The predicted octanol–water partition coefficient (Wildman–Crippen LogP) is 3.26. The zero-order valence-corrected chi connectivity index (χ0v) is 11.3. The van der Waals surface area contributed by atoms with Crippen molar-refractivity contribution in [2.75, 3.05) is 6.61 Å². The number of hydrogen-bond donors (Lipinski definition) is 0. The van der Waals surface area contributed by atoms with Gasteiger partial charge in [-0.3, -0.25) is 4.18 Å². The van der Waals surface area contributed by atoms with Crippen LogP contribution in [0.15, 0.2) is 12.1 Å². The molecule has 1 aromatic carbocycles. The molecular weight excluding hydrogens is 286 g/mol. The number of benzene rings is 1. The maximum Gasteiger partial charge on any atom is 0.271 e. The quantitative estimate of drug-likeness (QED) is 0.460. The molecule has 0 fully saturated rings. The Morgan fingerprint density at radius 3 is 2.56 bits per heavy atom. The highest BCUT2D eigenvalue weighted by Gasteiger charge is 2.17. The monoisotopic (exact) mass is 298 g/mol. The van der Waals surface area contributed by atoms with Gasteiger partial charge in [0, 0.05) is 5.56 Å². The van der Waals surface area contributed by atoms with E-state index in [1.54, 1.807) is 0 Å². The minimum atomic E-state index is -3.91. The van der Waals surface area contributed by atoms with Gasteiger partial charge in [0.2, 0.25) is 0 Å². The zero-order chi connectivity index (χ0) is 13.8. The van der Waals surface area contributed by atoms with Crippen LogP contribution in [0.5, 0.6) is 0 Å². The fourth-order valence-electron chi connectivity index (χ4n) is 1.24. The lowest BCUT2D eigenvalue weighted by Gasteiger charge is -2.07.